The van der Waals surface area contributed by atoms with Gasteiger partial charge in [0.15, 0.2) is 0 Å². The minimum Gasteiger partial charge on any atom is -0.497 e. The molecule has 2 amide bonds. The molecule has 1 fully saturated rings. The lowest BCUT2D eigenvalue weighted by Crippen LogP contribution is -2.35. The summed E-state index contributed by atoms with van der Waals surface area (Å²) in [5.41, 5.74) is 1.07. The number of hydrogen-bond acceptors (Lipinski definition) is 3. The number of rotatable bonds is 3. The Kier molecular flexibility index (Phi) is 4.70. The number of ether oxygens (including phenoxy) is 1. The number of nitrogens with one attached hydrogen (secondary N) is 1. The Labute approximate surface area is 148 Å². The molecule has 1 aliphatic rings. The van der Waals surface area contributed by atoms with Gasteiger partial charge in [0.2, 0.25) is 0 Å². The molecule has 134 valence electrons. The van der Waals surface area contributed by atoms with E-state index in [-0.39, 0.29) is 11.6 Å². The molecule has 6 heteroatoms. The van der Waals surface area contributed by atoms with Crippen molar-refractivity contribution in [1.82, 2.24) is 14.7 Å². The summed E-state index contributed by atoms with van der Waals surface area (Å²) in [5.74, 6) is 1.95. The van der Waals surface area contributed by atoms with Gasteiger partial charge in [-0.3, -0.25) is 5.32 Å². The minimum atomic E-state index is -0.178. The van der Waals surface area contributed by atoms with Crippen LogP contribution in [0.4, 0.5) is 10.6 Å². The number of carbonyl (C=O) groups excluding carboxylic acids is 1. The fraction of sp³-hybridized carbons (Fsp3) is 0.474. The average Bonchev–Trinajstić information content (AvgIpc) is 3.23. The van der Waals surface area contributed by atoms with E-state index < -0.39 is 0 Å². The zero-order valence-corrected chi connectivity index (χ0v) is 15.3. The SMILES string of the molecule is COc1ccc([C@@H]2CCN(C(=O)Nc3ccnn3C(C)(C)C)C2)cc1. The highest BCUT2D eigenvalue weighted by Gasteiger charge is 2.28. The molecule has 1 saturated heterocycles. The zero-order valence-electron chi connectivity index (χ0n) is 15.3. The first kappa shape index (κ1) is 17.3. The van der Waals surface area contributed by atoms with E-state index in [1.165, 1.54) is 5.56 Å². The number of benzene rings is 1. The lowest BCUT2D eigenvalue weighted by atomic mass is 9.98. The first-order valence-electron chi connectivity index (χ1n) is 8.63. The Morgan fingerprint density at radius 1 is 1.24 bits per heavy atom. The molecule has 0 aliphatic carbocycles. The summed E-state index contributed by atoms with van der Waals surface area (Å²) in [5, 5.41) is 7.31. The van der Waals surface area contributed by atoms with Gasteiger partial charge in [-0.25, -0.2) is 9.48 Å². The van der Waals surface area contributed by atoms with Crippen molar-refractivity contribution in [2.75, 3.05) is 25.5 Å². The average molecular weight is 342 g/mol. The van der Waals surface area contributed by atoms with Gasteiger partial charge < -0.3 is 9.64 Å². The zero-order chi connectivity index (χ0) is 18.0. The lowest BCUT2D eigenvalue weighted by molar-refractivity contribution is 0.221. The summed E-state index contributed by atoms with van der Waals surface area (Å²) in [7, 11) is 1.67. The van der Waals surface area contributed by atoms with E-state index in [0.29, 0.717) is 5.92 Å². The molecule has 2 heterocycles. The number of carbonyl (C=O) groups is 1. The van der Waals surface area contributed by atoms with Crippen molar-refractivity contribution in [3.8, 4) is 5.75 Å². The molecule has 0 bridgehead atoms. The standard InChI is InChI=1S/C19H26N4O2/c1-19(2,3)23-17(9-11-20-23)21-18(24)22-12-10-15(13-22)14-5-7-16(25-4)8-6-14/h5-9,11,15H,10,12-13H2,1-4H3,(H,21,24)/t15-/m1/s1. The minimum absolute atomic E-state index is 0.0676. The van der Waals surface area contributed by atoms with Gasteiger partial charge in [-0.2, -0.15) is 5.10 Å². The Morgan fingerprint density at radius 2 is 1.96 bits per heavy atom. The van der Waals surface area contributed by atoms with Crippen molar-refractivity contribution >= 4 is 11.8 Å². The third kappa shape index (κ3) is 3.78. The fourth-order valence-electron chi connectivity index (χ4n) is 3.21. The van der Waals surface area contributed by atoms with E-state index in [9.17, 15) is 4.79 Å². The van der Waals surface area contributed by atoms with Crippen molar-refractivity contribution in [3.63, 3.8) is 0 Å². The van der Waals surface area contributed by atoms with Crippen molar-refractivity contribution in [1.29, 1.82) is 0 Å². The molecule has 6 nitrogen and oxygen atoms in total. The molecule has 1 aromatic heterocycles. The second kappa shape index (κ2) is 6.78. The van der Waals surface area contributed by atoms with Crippen LogP contribution in [0.15, 0.2) is 36.5 Å². The highest BCUT2D eigenvalue weighted by molar-refractivity contribution is 5.88. The Balaban J connectivity index is 1.64. The predicted octanol–water partition coefficient (Wildman–Crippen LogP) is 3.67. The van der Waals surface area contributed by atoms with Gasteiger partial charge in [-0.05, 0) is 44.9 Å². The Bertz CT molecular complexity index is 731. The third-order valence-corrected chi connectivity index (χ3v) is 4.58. The number of anilines is 1. The maximum absolute atomic E-state index is 12.6. The maximum Gasteiger partial charge on any atom is 0.323 e. The lowest BCUT2D eigenvalue weighted by Gasteiger charge is -2.24. The van der Waals surface area contributed by atoms with E-state index in [1.807, 2.05) is 27.8 Å². The van der Waals surface area contributed by atoms with Gasteiger partial charge in [0, 0.05) is 25.1 Å². The number of aromatic nitrogens is 2. The number of methoxy groups -OCH3 is 1. The van der Waals surface area contributed by atoms with Gasteiger partial charge in [0.1, 0.15) is 11.6 Å². The van der Waals surface area contributed by atoms with Crippen molar-refractivity contribution in [2.24, 2.45) is 0 Å². The van der Waals surface area contributed by atoms with Crippen LogP contribution in [0.25, 0.3) is 0 Å². The second-order valence-corrected chi connectivity index (χ2v) is 7.43. The van der Waals surface area contributed by atoms with Gasteiger partial charge in [-0.15, -0.1) is 0 Å². The number of urea groups is 1. The molecule has 25 heavy (non-hydrogen) atoms. The van der Waals surface area contributed by atoms with Crippen LogP contribution >= 0.6 is 0 Å². The van der Waals surface area contributed by atoms with Gasteiger partial charge in [-0.1, -0.05) is 12.1 Å². The molecule has 2 aromatic rings. The van der Waals surface area contributed by atoms with Crippen LogP contribution < -0.4 is 10.1 Å². The van der Waals surface area contributed by atoms with E-state index in [4.69, 9.17) is 4.74 Å². The molecule has 1 N–H and O–H groups in total. The molecule has 0 radical (unpaired) electrons. The van der Waals surface area contributed by atoms with Gasteiger partial charge in [0.25, 0.3) is 0 Å². The summed E-state index contributed by atoms with van der Waals surface area (Å²) < 4.78 is 7.04. The van der Waals surface area contributed by atoms with E-state index >= 15 is 0 Å². The van der Waals surface area contributed by atoms with Crippen LogP contribution in [0.1, 0.15) is 38.7 Å². The molecule has 1 atom stereocenters. The Hall–Kier alpha value is -2.50. The van der Waals surface area contributed by atoms with E-state index in [1.54, 1.807) is 13.3 Å². The summed E-state index contributed by atoms with van der Waals surface area (Å²) in [6, 6.07) is 9.88. The second-order valence-electron chi connectivity index (χ2n) is 7.43. The summed E-state index contributed by atoms with van der Waals surface area (Å²) in [6.45, 7) is 7.66. The summed E-state index contributed by atoms with van der Waals surface area (Å²) in [6.07, 6.45) is 2.68. The smallest absolute Gasteiger partial charge is 0.323 e. The van der Waals surface area contributed by atoms with E-state index in [2.05, 4.69) is 43.3 Å². The molecule has 0 saturated carbocycles. The van der Waals surface area contributed by atoms with Crippen molar-refractivity contribution in [2.45, 2.75) is 38.6 Å². The highest BCUT2D eigenvalue weighted by atomic mass is 16.5. The predicted molar refractivity (Wildman–Crippen MR) is 98.2 cm³/mol. The van der Waals surface area contributed by atoms with Gasteiger partial charge >= 0.3 is 6.03 Å². The monoisotopic (exact) mass is 342 g/mol. The topological polar surface area (TPSA) is 59.4 Å². The number of likely N-dealkylation sites (tertiary alicyclic amines) is 1. The van der Waals surface area contributed by atoms with Crippen molar-refractivity contribution < 1.29 is 9.53 Å². The fourth-order valence-corrected chi connectivity index (χ4v) is 3.21. The van der Waals surface area contributed by atoms with Crippen LogP contribution in [-0.4, -0.2) is 40.9 Å². The van der Waals surface area contributed by atoms with E-state index in [0.717, 1.165) is 31.1 Å². The van der Waals surface area contributed by atoms with Crippen LogP contribution in [0.5, 0.6) is 5.75 Å². The Morgan fingerprint density at radius 3 is 2.60 bits per heavy atom. The quantitative estimate of drug-likeness (QED) is 0.926. The third-order valence-electron chi connectivity index (χ3n) is 4.58. The number of nitrogens with zero attached hydrogens (tertiary/aromatic N) is 3. The van der Waals surface area contributed by atoms with Gasteiger partial charge in [0.05, 0.1) is 18.8 Å². The van der Waals surface area contributed by atoms with Crippen LogP contribution in [0, 0.1) is 0 Å². The molecule has 0 spiro atoms. The van der Waals surface area contributed by atoms with Crippen LogP contribution in [0.2, 0.25) is 0 Å². The first-order valence-corrected chi connectivity index (χ1v) is 8.63. The first-order chi connectivity index (χ1) is 11.9. The van der Waals surface area contributed by atoms with Crippen molar-refractivity contribution in [3.05, 3.63) is 42.1 Å². The summed E-state index contributed by atoms with van der Waals surface area (Å²) in [4.78, 5) is 14.5. The molecular weight excluding hydrogens is 316 g/mol. The number of hydrogen-bond donors (Lipinski definition) is 1. The molecule has 1 aliphatic heterocycles. The normalized spacial score (nSPS) is 17.6. The largest absolute Gasteiger partial charge is 0.497 e. The van der Waals surface area contributed by atoms with Crippen LogP contribution in [0.3, 0.4) is 0 Å². The molecule has 3 rings (SSSR count). The number of amides is 2. The molecular formula is C19H26N4O2. The van der Waals surface area contributed by atoms with Crippen LogP contribution in [-0.2, 0) is 5.54 Å². The summed E-state index contributed by atoms with van der Waals surface area (Å²) >= 11 is 0. The molecule has 0 unspecified atom stereocenters. The maximum atomic E-state index is 12.6. The molecule has 1 aromatic carbocycles. The highest BCUT2D eigenvalue weighted by Crippen LogP contribution is 2.29.